The Morgan fingerprint density at radius 3 is 3.06 bits per heavy atom. The second kappa shape index (κ2) is 4.78. The number of hydrogen-bond acceptors (Lipinski definition) is 3. The van der Waals surface area contributed by atoms with E-state index in [-0.39, 0.29) is 0 Å². The molecule has 1 unspecified atom stereocenters. The molecule has 0 amide bonds. The van der Waals surface area contributed by atoms with Crippen LogP contribution in [0.15, 0.2) is 6.07 Å². The van der Waals surface area contributed by atoms with Crippen molar-refractivity contribution in [2.45, 2.75) is 38.6 Å². The fourth-order valence-corrected chi connectivity index (χ4v) is 2.35. The third-order valence-corrected chi connectivity index (χ3v) is 3.36. The topological polar surface area (TPSA) is 49.0 Å². The molecule has 0 aromatic carbocycles. The summed E-state index contributed by atoms with van der Waals surface area (Å²) in [5.41, 5.74) is 1.61. The second-order valence-corrected chi connectivity index (χ2v) is 4.79. The van der Waals surface area contributed by atoms with Gasteiger partial charge in [0.15, 0.2) is 6.29 Å². The van der Waals surface area contributed by atoms with Crippen molar-refractivity contribution in [3.05, 3.63) is 17.5 Å². The van der Waals surface area contributed by atoms with Gasteiger partial charge in [0.2, 0.25) is 0 Å². The van der Waals surface area contributed by atoms with Gasteiger partial charge in [-0.1, -0.05) is 0 Å². The number of piperidine rings is 1. The molecule has 1 aromatic rings. The Balaban J connectivity index is 2.06. The molecule has 2 heterocycles. The van der Waals surface area contributed by atoms with Gasteiger partial charge in [0.05, 0.1) is 0 Å². The van der Waals surface area contributed by atoms with E-state index in [9.17, 15) is 4.79 Å². The molecule has 0 spiro atoms. The molecule has 0 radical (unpaired) electrons. The van der Waals surface area contributed by atoms with Crippen LogP contribution in [0.2, 0.25) is 0 Å². The molecule has 0 bridgehead atoms. The maximum atomic E-state index is 10.6. The Morgan fingerprint density at radius 1 is 1.62 bits per heavy atom. The van der Waals surface area contributed by atoms with Crippen LogP contribution in [0.1, 0.15) is 48.8 Å². The highest BCUT2D eigenvalue weighted by molar-refractivity contribution is 5.71. The number of rotatable bonds is 3. The molecular weight excluding hydrogens is 202 g/mol. The molecule has 0 saturated carbocycles. The van der Waals surface area contributed by atoms with Crippen LogP contribution in [0.5, 0.6) is 0 Å². The molecule has 2 rings (SSSR count). The minimum atomic E-state index is 0.498. The highest BCUT2D eigenvalue weighted by Gasteiger charge is 2.24. The number of hydrogen-bond donors (Lipinski definition) is 1. The minimum Gasteiger partial charge on any atom is -0.300 e. The van der Waals surface area contributed by atoms with Gasteiger partial charge in [-0.3, -0.25) is 9.89 Å². The molecule has 1 aliphatic heterocycles. The van der Waals surface area contributed by atoms with Gasteiger partial charge in [-0.05, 0) is 39.3 Å². The van der Waals surface area contributed by atoms with Crippen LogP contribution < -0.4 is 0 Å². The molecule has 4 nitrogen and oxygen atoms in total. The van der Waals surface area contributed by atoms with E-state index in [0.717, 1.165) is 18.5 Å². The summed E-state index contributed by atoms with van der Waals surface area (Å²) in [6, 6.07) is 2.47. The van der Waals surface area contributed by atoms with Gasteiger partial charge in [-0.25, -0.2) is 0 Å². The second-order valence-electron chi connectivity index (χ2n) is 4.79. The Kier molecular flexibility index (Phi) is 3.39. The number of aldehydes is 1. The fraction of sp³-hybridized carbons (Fsp3) is 0.667. The number of aromatic amines is 1. The molecule has 1 saturated heterocycles. The maximum absolute atomic E-state index is 10.6. The smallest absolute Gasteiger partial charge is 0.170 e. The van der Waals surface area contributed by atoms with E-state index in [1.54, 1.807) is 0 Å². The van der Waals surface area contributed by atoms with Crippen LogP contribution in [0, 0.1) is 0 Å². The van der Waals surface area contributed by atoms with Crippen molar-refractivity contribution in [1.82, 2.24) is 15.1 Å². The first-order valence-electron chi connectivity index (χ1n) is 5.95. The predicted molar refractivity (Wildman–Crippen MR) is 62.7 cm³/mol. The molecule has 1 aromatic heterocycles. The molecule has 1 atom stereocenters. The summed E-state index contributed by atoms with van der Waals surface area (Å²) in [6.07, 6.45) is 3.20. The summed E-state index contributed by atoms with van der Waals surface area (Å²) < 4.78 is 0. The van der Waals surface area contributed by atoms with E-state index in [2.05, 4.69) is 28.9 Å². The zero-order valence-corrected chi connectivity index (χ0v) is 9.94. The SMILES string of the molecule is CC(C)N1CCCC(c2cc(C=O)n[nH]2)C1. The van der Waals surface area contributed by atoms with Crippen LogP contribution in [0.25, 0.3) is 0 Å². The maximum Gasteiger partial charge on any atom is 0.170 e. The molecule has 1 fully saturated rings. The lowest BCUT2D eigenvalue weighted by atomic mass is 9.94. The van der Waals surface area contributed by atoms with E-state index in [4.69, 9.17) is 0 Å². The average molecular weight is 221 g/mol. The third-order valence-electron chi connectivity index (χ3n) is 3.36. The van der Waals surface area contributed by atoms with Crippen molar-refractivity contribution < 1.29 is 4.79 Å². The monoisotopic (exact) mass is 221 g/mol. The summed E-state index contributed by atoms with van der Waals surface area (Å²) in [6.45, 7) is 6.71. The van der Waals surface area contributed by atoms with Crippen LogP contribution in [-0.2, 0) is 0 Å². The highest BCUT2D eigenvalue weighted by Crippen LogP contribution is 2.26. The van der Waals surface area contributed by atoms with Crippen LogP contribution in [-0.4, -0.2) is 40.5 Å². The summed E-state index contributed by atoms with van der Waals surface area (Å²) in [5, 5.41) is 6.95. The molecular formula is C12H19N3O. The number of nitrogens with one attached hydrogen (secondary N) is 1. The van der Waals surface area contributed by atoms with Crippen LogP contribution in [0.3, 0.4) is 0 Å². The molecule has 4 heteroatoms. The number of H-pyrrole nitrogens is 1. The highest BCUT2D eigenvalue weighted by atomic mass is 16.1. The van der Waals surface area contributed by atoms with Gasteiger partial charge in [0, 0.05) is 24.2 Å². The Hall–Kier alpha value is -1.16. The molecule has 0 aliphatic carbocycles. The van der Waals surface area contributed by atoms with Gasteiger partial charge in [-0.2, -0.15) is 5.10 Å². The zero-order chi connectivity index (χ0) is 11.5. The Morgan fingerprint density at radius 2 is 2.44 bits per heavy atom. The molecule has 88 valence electrons. The molecule has 1 aliphatic rings. The van der Waals surface area contributed by atoms with Gasteiger partial charge < -0.3 is 4.90 Å². The van der Waals surface area contributed by atoms with Crippen LogP contribution in [0.4, 0.5) is 0 Å². The number of carbonyl (C=O) groups is 1. The largest absolute Gasteiger partial charge is 0.300 e. The van der Waals surface area contributed by atoms with E-state index in [1.807, 2.05) is 6.07 Å². The zero-order valence-electron chi connectivity index (χ0n) is 9.94. The van der Waals surface area contributed by atoms with E-state index in [0.29, 0.717) is 17.7 Å². The number of aromatic nitrogens is 2. The first-order valence-corrected chi connectivity index (χ1v) is 5.95. The summed E-state index contributed by atoms with van der Waals surface area (Å²) in [5.74, 6) is 0.498. The molecule has 16 heavy (non-hydrogen) atoms. The van der Waals surface area contributed by atoms with Gasteiger partial charge in [0.25, 0.3) is 0 Å². The first-order chi connectivity index (χ1) is 7.70. The average Bonchev–Trinajstić information content (AvgIpc) is 2.77. The Labute approximate surface area is 96.0 Å². The first kappa shape index (κ1) is 11.3. The van der Waals surface area contributed by atoms with Crippen molar-refractivity contribution in [1.29, 1.82) is 0 Å². The van der Waals surface area contributed by atoms with Crippen molar-refractivity contribution >= 4 is 6.29 Å². The van der Waals surface area contributed by atoms with Gasteiger partial charge >= 0.3 is 0 Å². The summed E-state index contributed by atoms with van der Waals surface area (Å²) >= 11 is 0. The van der Waals surface area contributed by atoms with Crippen molar-refractivity contribution in [3.63, 3.8) is 0 Å². The van der Waals surface area contributed by atoms with Crippen LogP contribution >= 0.6 is 0 Å². The lowest BCUT2D eigenvalue weighted by molar-refractivity contribution is 0.111. The number of likely N-dealkylation sites (tertiary alicyclic amines) is 1. The van der Waals surface area contributed by atoms with Crippen molar-refractivity contribution in [3.8, 4) is 0 Å². The lowest BCUT2D eigenvalue weighted by Gasteiger charge is -2.34. The van der Waals surface area contributed by atoms with Gasteiger partial charge in [0.1, 0.15) is 5.69 Å². The van der Waals surface area contributed by atoms with Gasteiger partial charge in [-0.15, -0.1) is 0 Å². The number of carbonyl (C=O) groups excluding carboxylic acids is 1. The van der Waals surface area contributed by atoms with E-state index < -0.39 is 0 Å². The van der Waals surface area contributed by atoms with E-state index >= 15 is 0 Å². The minimum absolute atomic E-state index is 0.498. The summed E-state index contributed by atoms with van der Waals surface area (Å²) in [4.78, 5) is 13.1. The predicted octanol–water partition coefficient (Wildman–Crippen LogP) is 1.81. The summed E-state index contributed by atoms with van der Waals surface area (Å²) in [7, 11) is 0. The molecule has 1 N–H and O–H groups in total. The third kappa shape index (κ3) is 2.32. The van der Waals surface area contributed by atoms with Crippen molar-refractivity contribution in [2.75, 3.05) is 13.1 Å². The van der Waals surface area contributed by atoms with Crippen molar-refractivity contribution in [2.24, 2.45) is 0 Å². The van der Waals surface area contributed by atoms with E-state index in [1.165, 1.54) is 19.4 Å². The fourth-order valence-electron chi connectivity index (χ4n) is 2.35. The number of nitrogens with zero attached hydrogens (tertiary/aromatic N) is 2. The lowest BCUT2D eigenvalue weighted by Crippen LogP contribution is -2.39. The quantitative estimate of drug-likeness (QED) is 0.792. The standard InChI is InChI=1S/C12H19N3O/c1-9(2)15-5-3-4-10(7-15)12-6-11(8-16)13-14-12/h6,8-10H,3-5,7H2,1-2H3,(H,13,14). The Bertz CT molecular complexity index is 359. The normalized spacial score (nSPS) is 22.6.